The molecule has 0 aliphatic heterocycles. The SMILES string of the molecule is [CH]=CN=CCN(C)C. The fraction of sp³-hybridized carbons (Fsp3) is 0.500. The van der Waals surface area contributed by atoms with Gasteiger partial charge in [0.15, 0.2) is 0 Å². The van der Waals surface area contributed by atoms with E-state index in [1.54, 1.807) is 6.21 Å². The summed E-state index contributed by atoms with van der Waals surface area (Å²) in [5, 5.41) is 0. The molecular formula is C6H11N2. The van der Waals surface area contributed by atoms with Crippen molar-refractivity contribution in [2.75, 3.05) is 20.6 Å². The second-order valence-corrected chi connectivity index (χ2v) is 1.74. The Morgan fingerprint density at radius 2 is 2.25 bits per heavy atom. The molecule has 0 heterocycles. The zero-order chi connectivity index (χ0) is 6.41. The van der Waals surface area contributed by atoms with Crippen molar-refractivity contribution in [3.63, 3.8) is 0 Å². The fourth-order valence-corrected chi connectivity index (χ4v) is 0.271. The first-order valence-corrected chi connectivity index (χ1v) is 2.47. The molecule has 0 N–H and O–H groups in total. The van der Waals surface area contributed by atoms with Crippen LogP contribution in [-0.2, 0) is 0 Å². The van der Waals surface area contributed by atoms with Crippen LogP contribution in [0.5, 0.6) is 0 Å². The first kappa shape index (κ1) is 7.37. The predicted molar refractivity (Wildman–Crippen MR) is 35.9 cm³/mol. The van der Waals surface area contributed by atoms with Gasteiger partial charge >= 0.3 is 0 Å². The molecule has 0 aliphatic rings. The molecule has 1 radical (unpaired) electrons. The first-order valence-electron chi connectivity index (χ1n) is 2.47. The highest BCUT2D eigenvalue weighted by Crippen LogP contribution is 1.69. The Bertz CT molecular complexity index is 84.5. The topological polar surface area (TPSA) is 15.6 Å². The van der Waals surface area contributed by atoms with Gasteiger partial charge in [-0.15, -0.1) is 0 Å². The average molecular weight is 111 g/mol. The van der Waals surface area contributed by atoms with Crippen molar-refractivity contribution < 1.29 is 0 Å². The van der Waals surface area contributed by atoms with Crippen LogP contribution in [0, 0.1) is 6.58 Å². The van der Waals surface area contributed by atoms with Crippen molar-refractivity contribution in [1.29, 1.82) is 0 Å². The number of hydrogen-bond acceptors (Lipinski definition) is 2. The molecule has 0 aromatic heterocycles. The van der Waals surface area contributed by atoms with Gasteiger partial charge in [-0.1, -0.05) is 0 Å². The maximum Gasteiger partial charge on any atom is 0.0331 e. The zero-order valence-electron chi connectivity index (χ0n) is 5.33. The largest absolute Gasteiger partial charge is 0.304 e. The lowest BCUT2D eigenvalue weighted by Gasteiger charge is -2.01. The minimum atomic E-state index is 0.841. The van der Waals surface area contributed by atoms with E-state index < -0.39 is 0 Å². The highest BCUT2D eigenvalue weighted by Gasteiger charge is 1.78. The van der Waals surface area contributed by atoms with Crippen molar-refractivity contribution in [3.8, 4) is 0 Å². The van der Waals surface area contributed by atoms with Gasteiger partial charge in [-0.2, -0.15) is 0 Å². The van der Waals surface area contributed by atoms with Gasteiger partial charge in [0.05, 0.1) is 0 Å². The van der Waals surface area contributed by atoms with Gasteiger partial charge in [-0.3, -0.25) is 4.99 Å². The quantitative estimate of drug-likeness (QED) is 0.486. The molecule has 8 heavy (non-hydrogen) atoms. The Kier molecular flexibility index (Phi) is 4.17. The van der Waals surface area contributed by atoms with Crippen LogP contribution in [0.3, 0.4) is 0 Å². The maximum atomic E-state index is 4.97. The molecular weight excluding hydrogens is 100 g/mol. The van der Waals surface area contributed by atoms with E-state index in [-0.39, 0.29) is 0 Å². The van der Waals surface area contributed by atoms with E-state index in [1.165, 1.54) is 6.20 Å². The maximum absolute atomic E-state index is 4.97. The highest BCUT2D eigenvalue weighted by molar-refractivity contribution is 5.60. The van der Waals surface area contributed by atoms with Crippen LogP contribution in [-0.4, -0.2) is 31.8 Å². The Morgan fingerprint density at radius 1 is 1.62 bits per heavy atom. The minimum Gasteiger partial charge on any atom is -0.304 e. The second-order valence-electron chi connectivity index (χ2n) is 1.74. The van der Waals surface area contributed by atoms with Gasteiger partial charge in [0.1, 0.15) is 0 Å². The summed E-state index contributed by atoms with van der Waals surface area (Å²) in [4.78, 5) is 5.70. The lowest BCUT2D eigenvalue weighted by atomic mass is 10.6. The molecule has 0 spiro atoms. The summed E-state index contributed by atoms with van der Waals surface area (Å²) in [6.07, 6.45) is 3.03. The molecule has 0 aliphatic carbocycles. The van der Waals surface area contributed by atoms with E-state index in [1.807, 2.05) is 19.0 Å². The molecule has 0 unspecified atom stereocenters. The molecule has 0 saturated heterocycles. The van der Waals surface area contributed by atoms with Gasteiger partial charge < -0.3 is 4.90 Å². The minimum absolute atomic E-state index is 0.841. The van der Waals surface area contributed by atoms with Crippen LogP contribution in [0.25, 0.3) is 0 Å². The predicted octanol–water partition coefficient (Wildman–Crippen LogP) is 0.565. The van der Waals surface area contributed by atoms with Crippen LogP contribution < -0.4 is 0 Å². The Labute approximate surface area is 50.5 Å². The van der Waals surface area contributed by atoms with Gasteiger partial charge in [-0.25, -0.2) is 0 Å². The van der Waals surface area contributed by atoms with E-state index in [0.717, 1.165) is 6.54 Å². The van der Waals surface area contributed by atoms with Crippen molar-refractivity contribution >= 4 is 6.21 Å². The molecule has 0 aromatic rings. The van der Waals surface area contributed by atoms with E-state index in [2.05, 4.69) is 4.99 Å². The number of nitrogens with zero attached hydrogens (tertiary/aromatic N) is 2. The summed E-state index contributed by atoms with van der Waals surface area (Å²) in [5.41, 5.74) is 0. The summed E-state index contributed by atoms with van der Waals surface area (Å²) in [5.74, 6) is 0. The molecule has 45 valence electrons. The number of hydrogen-bond donors (Lipinski definition) is 0. The van der Waals surface area contributed by atoms with E-state index in [0.29, 0.717) is 0 Å². The van der Waals surface area contributed by atoms with Crippen LogP contribution in [0.4, 0.5) is 0 Å². The van der Waals surface area contributed by atoms with Gasteiger partial charge in [0.2, 0.25) is 0 Å². The van der Waals surface area contributed by atoms with Crippen molar-refractivity contribution in [1.82, 2.24) is 4.90 Å². The molecule has 0 aromatic carbocycles. The molecule has 2 nitrogen and oxygen atoms in total. The molecule has 0 bridgehead atoms. The van der Waals surface area contributed by atoms with E-state index in [9.17, 15) is 0 Å². The molecule has 0 atom stereocenters. The van der Waals surface area contributed by atoms with E-state index >= 15 is 0 Å². The Balaban J connectivity index is 3.15. The Morgan fingerprint density at radius 3 is 2.62 bits per heavy atom. The van der Waals surface area contributed by atoms with Crippen LogP contribution in [0.2, 0.25) is 0 Å². The van der Waals surface area contributed by atoms with Gasteiger partial charge in [0.25, 0.3) is 0 Å². The number of rotatable bonds is 3. The fourth-order valence-electron chi connectivity index (χ4n) is 0.271. The zero-order valence-corrected chi connectivity index (χ0v) is 5.33. The van der Waals surface area contributed by atoms with Crippen molar-refractivity contribution in [2.24, 2.45) is 4.99 Å². The van der Waals surface area contributed by atoms with Gasteiger partial charge in [-0.05, 0) is 20.7 Å². The molecule has 0 fully saturated rings. The van der Waals surface area contributed by atoms with Gasteiger partial charge in [0, 0.05) is 19.0 Å². The van der Waals surface area contributed by atoms with Crippen LogP contribution in [0.15, 0.2) is 11.2 Å². The summed E-state index contributed by atoms with van der Waals surface area (Å²) >= 11 is 0. The summed E-state index contributed by atoms with van der Waals surface area (Å²) < 4.78 is 0. The lowest BCUT2D eigenvalue weighted by Crippen LogP contribution is -2.13. The van der Waals surface area contributed by atoms with E-state index in [4.69, 9.17) is 6.58 Å². The smallest absolute Gasteiger partial charge is 0.0331 e. The Hall–Kier alpha value is -0.630. The summed E-state index contributed by atoms with van der Waals surface area (Å²) in [7, 11) is 3.95. The van der Waals surface area contributed by atoms with Crippen molar-refractivity contribution in [3.05, 3.63) is 12.8 Å². The van der Waals surface area contributed by atoms with Crippen molar-refractivity contribution in [2.45, 2.75) is 0 Å². The third-order valence-corrected chi connectivity index (χ3v) is 0.638. The second kappa shape index (κ2) is 4.53. The molecule has 0 amide bonds. The normalized spacial score (nSPS) is 10.9. The third-order valence-electron chi connectivity index (χ3n) is 0.638. The van der Waals surface area contributed by atoms with Crippen LogP contribution in [0.1, 0.15) is 0 Å². The monoisotopic (exact) mass is 111 g/mol. The molecule has 2 heteroatoms. The lowest BCUT2D eigenvalue weighted by molar-refractivity contribution is 0.473. The summed E-state index contributed by atoms with van der Waals surface area (Å²) in [6.45, 7) is 5.81. The van der Waals surface area contributed by atoms with Crippen LogP contribution >= 0.6 is 0 Å². The number of aliphatic imine (C=N–C) groups is 1. The molecule has 0 saturated carbocycles. The first-order chi connectivity index (χ1) is 3.77. The summed E-state index contributed by atoms with van der Waals surface area (Å²) in [6, 6.07) is 0. The highest BCUT2D eigenvalue weighted by atomic mass is 15.1. The standard InChI is InChI=1S/C6H11N2/c1-4-7-5-6-8(2)3/h1,4-5H,6H2,2-3H3. The molecule has 0 rings (SSSR count). The average Bonchev–Trinajstić information content (AvgIpc) is 1.66. The third kappa shape index (κ3) is 5.37.